The third kappa shape index (κ3) is 38.2. The lowest BCUT2D eigenvalue weighted by molar-refractivity contribution is -0.145. The Morgan fingerprint density at radius 2 is 1.19 bits per heavy atom. The van der Waals surface area contributed by atoms with Gasteiger partial charge in [0.1, 0.15) is 48.1 Å². The summed E-state index contributed by atoms with van der Waals surface area (Å²) in [4.78, 5) is 107. The Bertz CT molecular complexity index is 2020. The fourth-order valence-corrected chi connectivity index (χ4v) is 9.74. The number of ether oxygens (including phenoxy) is 5. The van der Waals surface area contributed by atoms with Gasteiger partial charge in [0, 0.05) is 57.1 Å². The molecule has 0 aliphatic carbocycles. The molecule has 0 saturated carbocycles. The van der Waals surface area contributed by atoms with Crippen molar-refractivity contribution in [3.8, 4) is 5.75 Å². The Labute approximate surface area is 456 Å². The van der Waals surface area contributed by atoms with Crippen molar-refractivity contribution in [1.29, 1.82) is 0 Å². The maximum atomic E-state index is 12.4. The van der Waals surface area contributed by atoms with Crippen LogP contribution in [0.5, 0.6) is 5.75 Å². The average molecular weight is 1130 g/mol. The van der Waals surface area contributed by atoms with Crippen LogP contribution in [0.25, 0.3) is 0 Å². The molecule has 0 aromatic heterocycles. The maximum absolute atomic E-state index is 12.4. The highest BCUT2D eigenvalue weighted by Crippen LogP contribution is 2.18. The number of ketones is 3. The molecule has 1 rings (SSSR count). The predicted octanol–water partition coefficient (Wildman–Crippen LogP) is 3.45. The van der Waals surface area contributed by atoms with Gasteiger partial charge in [-0.05, 0) is 75.6 Å². The van der Waals surface area contributed by atoms with Crippen molar-refractivity contribution in [2.24, 2.45) is 11.8 Å². The van der Waals surface area contributed by atoms with Crippen molar-refractivity contribution in [3.05, 3.63) is 29.8 Å². The number of aliphatic hydroxyl groups is 1. The van der Waals surface area contributed by atoms with E-state index in [2.05, 4.69) is 16.0 Å². The SMILES string of the molecule is CC[C@@H](CSCC(=O)NCCCC[C@@H](NC(=O)COCCOCCNC(=O)COCCOCCCC(=O)CCCS(=O)(=O)CC(=O)CCCCCCCCCOc1ccc(C(=O)O)cc1)C(=O)O)C(=O)C[C@@H](CO)C(=O)O. The minimum atomic E-state index is -3.60. The average Bonchev–Trinajstić information content (AvgIpc) is 3.38. The molecule has 3 amide bonds. The monoisotopic (exact) mass is 1130 g/mol. The van der Waals surface area contributed by atoms with Crippen molar-refractivity contribution < 1.29 is 95.7 Å². The number of carbonyl (C=O) groups is 9. The number of aromatic carboxylic acids is 1. The first kappa shape index (κ1) is 70.0. The van der Waals surface area contributed by atoms with Crippen LogP contribution in [0.2, 0.25) is 0 Å². The number of Topliss-reactive ketones (excluding diaryl/α,β-unsaturated/α-hetero) is 3. The van der Waals surface area contributed by atoms with Gasteiger partial charge in [-0.15, -0.1) is 0 Å². The molecule has 0 unspecified atom stereocenters. The number of hydrogen-bond donors (Lipinski definition) is 7. The first-order valence-electron chi connectivity index (χ1n) is 26.4. The van der Waals surface area contributed by atoms with Gasteiger partial charge in [-0.25, -0.2) is 18.0 Å². The molecule has 0 aliphatic rings. The molecule has 0 spiro atoms. The van der Waals surface area contributed by atoms with Crippen molar-refractivity contribution in [2.75, 3.05) is 102 Å². The standard InChI is InChI=1S/C52H83N3O20S2/c1-2-39(46(59)32-41(33-56)51(65)66)36-76-37-49(62)53-22-10-9-17-45(52(67)68)55-48(61)35-74-30-28-72-26-23-54-47(60)34-73-29-27-71-24-12-15-42(57)16-13-31-77(69,70)38-43(58)14-8-6-4-3-5-7-11-25-75-44-20-18-40(19-21-44)50(63)64/h18-21,39,41,45,56H,2-17,22-38H2,1H3,(H,53,62)(H,54,60)(H,55,61)(H,63,64)(H,65,66)(H,67,68)/t39-,41-,45+/m0/s1. The highest BCUT2D eigenvalue weighted by Gasteiger charge is 2.25. The van der Waals surface area contributed by atoms with Gasteiger partial charge in [-0.1, -0.05) is 39.0 Å². The fourth-order valence-electron chi connectivity index (χ4n) is 7.27. The third-order valence-corrected chi connectivity index (χ3v) is 14.5. The topological polar surface area (TPSA) is 351 Å². The quantitative estimate of drug-likeness (QED) is 0.0459. The Morgan fingerprint density at radius 3 is 1.83 bits per heavy atom. The van der Waals surface area contributed by atoms with Crippen LogP contribution in [-0.2, 0) is 67.1 Å². The number of unbranched alkanes of at least 4 members (excludes halogenated alkanes) is 7. The number of aliphatic carboxylic acids is 2. The maximum Gasteiger partial charge on any atom is 0.335 e. The molecule has 0 fully saturated rings. The summed E-state index contributed by atoms with van der Waals surface area (Å²) in [6.45, 7) is 2.47. The number of sulfone groups is 1. The van der Waals surface area contributed by atoms with E-state index in [9.17, 15) is 56.7 Å². The molecule has 77 heavy (non-hydrogen) atoms. The molecular formula is C52H83N3O20S2. The second-order valence-corrected chi connectivity index (χ2v) is 21.5. The van der Waals surface area contributed by atoms with Crippen LogP contribution < -0.4 is 20.7 Å². The van der Waals surface area contributed by atoms with E-state index in [1.165, 1.54) is 23.9 Å². The van der Waals surface area contributed by atoms with Gasteiger partial charge < -0.3 is 60.1 Å². The van der Waals surface area contributed by atoms with E-state index in [0.29, 0.717) is 50.2 Å². The molecule has 0 radical (unpaired) electrons. The Balaban J connectivity index is 1.97. The Hall–Kier alpha value is -5.05. The predicted molar refractivity (Wildman–Crippen MR) is 285 cm³/mol. The number of hydrogen-bond acceptors (Lipinski definition) is 18. The van der Waals surface area contributed by atoms with Crippen LogP contribution in [0.1, 0.15) is 126 Å². The molecule has 0 aliphatic heterocycles. The molecule has 1 aromatic carbocycles. The van der Waals surface area contributed by atoms with E-state index in [1.54, 1.807) is 19.1 Å². The number of nitrogens with one attached hydrogen (secondary N) is 3. The number of amides is 3. The number of carboxylic acid groups (broad SMARTS) is 3. The van der Waals surface area contributed by atoms with E-state index in [0.717, 1.165) is 38.5 Å². The summed E-state index contributed by atoms with van der Waals surface area (Å²) in [6.07, 6.45) is 8.54. The minimum absolute atomic E-state index is 0.0368. The lowest BCUT2D eigenvalue weighted by Crippen LogP contribution is -2.42. The molecule has 438 valence electrons. The van der Waals surface area contributed by atoms with Crippen LogP contribution in [0.15, 0.2) is 24.3 Å². The zero-order chi connectivity index (χ0) is 57.1. The number of benzene rings is 1. The van der Waals surface area contributed by atoms with E-state index >= 15 is 0 Å². The molecular weight excluding hydrogens is 1050 g/mol. The third-order valence-electron chi connectivity index (χ3n) is 11.7. The Morgan fingerprint density at radius 1 is 0.597 bits per heavy atom. The van der Waals surface area contributed by atoms with Gasteiger partial charge in [0.25, 0.3) is 0 Å². The van der Waals surface area contributed by atoms with E-state index in [4.69, 9.17) is 39.0 Å². The second-order valence-electron chi connectivity index (χ2n) is 18.3. The van der Waals surface area contributed by atoms with Gasteiger partial charge in [-0.3, -0.25) is 33.6 Å². The van der Waals surface area contributed by atoms with Crippen LogP contribution >= 0.6 is 11.8 Å². The van der Waals surface area contributed by atoms with Gasteiger partial charge in [0.05, 0.1) is 69.2 Å². The second kappa shape index (κ2) is 43.9. The van der Waals surface area contributed by atoms with Crippen LogP contribution in [0.3, 0.4) is 0 Å². The van der Waals surface area contributed by atoms with Crippen molar-refractivity contribution in [3.63, 3.8) is 0 Å². The van der Waals surface area contributed by atoms with Gasteiger partial charge >= 0.3 is 17.9 Å². The van der Waals surface area contributed by atoms with Crippen LogP contribution in [0, 0.1) is 11.8 Å². The first-order valence-corrected chi connectivity index (χ1v) is 29.4. The molecule has 3 atom stereocenters. The molecule has 23 nitrogen and oxygen atoms in total. The number of carboxylic acids is 3. The summed E-state index contributed by atoms with van der Waals surface area (Å²) in [6, 6.07) is 5.11. The molecule has 0 saturated heterocycles. The summed E-state index contributed by atoms with van der Waals surface area (Å²) >= 11 is 1.23. The van der Waals surface area contributed by atoms with Crippen molar-refractivity contribution in [2.45, 2.75) is 122 Å². The van der Waals surface area contributed by atoms with Gasteiger partial charge in [0.15, 0.2) is 9.84 Å². The summed E-state index contributed by atoms with van der Waals surface area (Å²) in [5, 5.41) is 44.4. The van der Waals surface area contributed by atoms with Crippen LogP contribution in [-0.4, -0.2) is 190 Å². The highest BCUT2D eigenvalue weighted by molar-refractivity contribution is 7.99. The largest absolute Gasteiger partial charge is 0.494 e. The van der Waals surface area contributed by atoms with Crippen molar-refractivity contribution >= 4 is 74.6 Å². The fraction of sp³-hybridized carbons (Fsp3) is 0.712. The Kier molecular flexibility index (Phi) is 39.9. The summed E-state index contributed by atoms with van der Waals surface area (Å²) in [5.41, 5.74) is 0.208. The van der Waals surface area contributed by atoms with Crippen molar-refractivity contribution in [1.82, 2.24) is 16.0 Å². The highest BCUT2D eigenvalue weighted by atomic mass is 32.2. The first-order chi connectivity index (χ1) is 36.9. The number of carbonyl (C=O) groups excluding carboxylic acids is 6. The lowest BCUT2D eigenvalue weighted by Gasteiger charge is -2.16. The number of thioether (sulfide) groups is 1. The minimum Gasteiger partial charge on any atom is -0.494 e. The van der Waals surface area contributed by atoms with Gasteiger partial charge in [-0.2, -0.15) is 11.8 Å². The van der Waals surface area contributed by atoms with E-state index in [-0.39, 0.29) is 144 Å². The molecule has 0 heterocycles. The van der Waals surface area contributed by atoms with Crippen LogP contribution in [0.4, 0.5) is 0 Å². The zero-order valence-electron chi connectivity index (χ0n) is 44.5. The zero-order valence-corrected chi connectivity index (χ0v) is 46.1. The van der Waals surface area contributed by atoms with E-state index < -0.39 is 70.5 Å². The number of aliphatic hydroxyl groups excluding tert-OH is 1. The normalized spacial score (nSPS) is 12.5. The van der Waals surface area contributed by atoms with Gasteiger partial charge in [0.2, 0.25) is 17.7 Å². The molecule has 25 heteroatoms. The van der Waals surface area contributed by atoms with E-state index in [1.807, 2.05) is 0 Å². The molecule has 0 bridgehead atoms. The molecule has 1 aromatic rings. The summed E-state index contributed by atoms with van der Waals surface area (Å²) in [5.74, 6) is -6.72. The number of rotatable bonds is 52. The summed E-state index contributed by atoms with van der Waals surface area (Å²) < 4.78 is 51.8. The smallest absolute Gasteiger partial charge is 0.335 e. The lowest BCUT2D eigenvalue weighted by atomic mass is 9.94. The molecule has 7 N–H and O–H groups in total. The summed E-state index contributed by atoms with van der Waals surface area (Å²) in [7, 11) is -3.60.